The molecule has 0 bridgehead atoms. The number of halogens is 3. The van der Waals surface area contributed by atoms with Gasteiger partial charge < -0.3 is 10.2 Å². The van der Waals surface area contributed by atoms with Gasteiger partial charge in [-0.2, -0.15) is 0 Å². The molecule has 0 aromatic heterocycles. The Labute approximate surface area is 257 Å². The summed E-state index contributed by atoms with van der Waals surface area (Å²) in [6, 6.07) is 16.8. The van der Waals surface area contributed by atoms with Crippen molar-refractivity contribution in [1.29, 1.82) is 0 Å². The lowest BCUT2D eigenvalue weighted by Crippen LogP contribution is -2.53. The molecule has 0 saturated heterocycles. The largest absolute Gasteiger partial charge is 0.352 e. The Hall–Kier alpha value is -2.78. The van der Waals surface area contributed by atoms with E-state index in [1.54, 1.807) is 49.4 Å². The molecule has 220 valence electrons. The van der Waals surface area contributed by atoms with Crippen molar-refractivity contribution in [1.82, 2.24) is 10.2 Å². The van der Waals surface area contributed by atoms with Crippen molar-refractivity contribution in [2.75, 3.05) is 10.8 Å². The van der Waals surface area contributed by atoms with Crippen LogP contribution in [0, 0.1) is 6.92 Å². The van der Waals surface area contributed by atoms with E-state index in [2.05, 4.69) is 5.32 Å². The van der Waals surface area contributed by atoms with E-state index in [1.165, 1.54) is 29.2 Å². The third-order valence-corrected chi connectivity index (χ3v) is 9.58. The highest BCUT2D eigenvalue weighted by Gasteiger charge is 2.35. The molecule has 0 unspecified atom stereocenters. The average molecular weight is 639 g/mol. The second-order valence-corrected chi connectivity index (χ2v) is 12.9. The van der Waals surface area contributed by atoms with Crippen molar-refractivity contribution >= 4 is 62.3 Å². The number of rotatable bonds is 12. The Morgan fingerprint density at radius 3 is 2.12 bits per heavy atom. The van der Waals surface area contributed by atoms with Crippen LogP contribution in [0.15, 0.2) is 71.6 Å². The first-order chi connectivity index (χ1) is 19.4. The molecule has 0 aliphatic carbocycles. The smallest absolute Gasteiger partial charge is 0.264 e. The van der Waals surface area contributed by atoms with Crippen LogP contribution >= 0.6 is 34.8 Å². The van der Waals surface area contributed by atoms with Crippen molar-refractivity contribution in [3.8, 4) is 0 Å². The van der Waals surface area contributed by atoms with E-state index in [4.69, 9.17) is 34.8 Å². The zero-order valence-electron chi connectivity index (χ0n) is 23.4. The second-order valence-electron chi connectivity index (χ2n) is 9.79. The predicted molar refractivity (Wildman–Crippen MR) is 166 cm³/mol. The lowest BCUT2D eigenvalue weighted by molar-refractivity contribution is -0.140. The second kappa shape index (κ2) is 14.4. The van der Waals surface area contributed by atoms with Crippen molar-refractivity contribution in [2.45, 2.75) is 64.1 Å². The Bertz CT molecular complexity index is 1470. The van der Waals surface area contributed by atoms with Gasteiger partial charge in [0, 0.05) is 17.6 Å². The number of hydrogen-bond acceptors (Lipinski definition) is 4. The number of nitrogens with one attached hydrogen (secondary N) is 1. The van der Waals surface area contributed by atoms with E-state index in [0.717, 1.165) is 15.4 Å². The van der Waals surface area contributed by atoms with Crippen LogP contribution in [0.3, 0.4) is 0 Å². The number of nitrogens with zero attached hydrogens (tertiary/aromatic N) is 2. The van der Waals surface area contributed by atoms with Gasteiger partial charge in [-0.05, 0) is 68.7 Å². The summed E-state index contributed by atoms with van der Waals surface area (Å²) in [7, 11) is -4.27. The fourth-order valence-corrected chi connectivity index (χ4v) is 6.18. The summed E-state index contributed by atoms with van der Waals surface area (Å²) in [4.78, 5) is 28.9. The number of carbonyl (C=O) groups is 2. The molecule has 2 atom stereocenters. The van der Waals surface area contributed by atoms with Gasteiger partial charge in [-0.25, -0.2) is 8.42 Å². The molecule has 11 heteroatoms. The topological polar surface area (TPSA) is 86.8 Å². The SMILES string of the molecule is CC[C@@H](C)NC(=O)[C@@H](CC)N(Cc1ccc(Cl)cc1)C(=O)CN(c1cccc(Cl)c1Cl)S(=O)(=O)c1ccc(C)cc1. The minimum atomic E-state index is -4.27. The van der Waals surface area contributed by atoms with Crippen LogP contribution in [0.1, 0.15) is 44.7 Å². The molecule has 3 rings (SSSR count). The Morgan fingerprint density at radius 1 is 0.902 bits per heavy atom. The van der Waals surface area contributed by atoms with Crippen molar-refractivity contribution in [2.24, 2.45) is 0 Å². The van der Waals surface area contributed by atoms with Gasteiger partial charge in [0.05, 0.1) is 20.6 Å². The third kappa shape index (κ3) is 8.16. The molecule has 7 nitrogen and oxygen atoms in total. The molecule has 0 radical (unpaired) electrons. The van der Waals surface area contributed by atoms with Crippen molar-refractivity contribution < 1.29 is 18.0 Å². The van der Waals surface area contributed by atoms with E-state index < -0.39 is 28.5 Å². The highest BCUT2D eigenvalue weighted by Crippen LogP contribution is 2.35. The van der Waals surface area contributed by atoms with Gasteiger partial charge in [-0.15, -0.1) is 0 Å². The van der Waals surface area contributed by atoms with E-state index in [0.29, 0.717) is 17.9 Å². The maximum atomic E-state index is 14.1. The minimum Gasteiger partial charge on any atom is -0.352 e. The molecule has 0 heterocycles. The number of anilines is 1. The van der Waals surface area contributed by atoms with Crippen LogP contribution < -0.4 is 9.62 Å². The van der Waals surface area contributed by atoms with E-state index in [9.17, 15) is 18.0 Å². The molecule has 2 amide bonds. The first-order valence-electron chi connectivity index (χ1n) is 13.3. The molecular weight excluding hydrogens is 605 g/mol. The van der Waals surface area contributed by atoms with Crippen molar-refractivity contribution in [3.05, 3.63) is 92.9 Å². The summed E-state index contributed by atoms with van der Waals surface area (Å²) in [6.45, 7) is 6.92. The monoisotopic (exact) mass is 637 g/mol. The lowest BCUT2D eigenvalue weighted by Gasteiger charge is -2.34. The molecule has 0 spiro atoms. The first-order valence-corrected chi connectivity index (χ1v) is 15.8. The Balaban J connectivity index is 2.10. The molecule has 3 aromatic carbocycles. The fraction of sp³-hybridized carbons (Fsp3) is 0.333. The molecule has 1 N–H and O–H groups in total. The normalized spacial score (nSPS) is 12.9. The van der Waals surface area contributed by atoms with Crippen LogP contribution in [0.4, 0.5) is 5.69 Å². The van der Waals surface area contributed by atoms with E-state index in [-0.39, 0.29) is 39.1 Å². The van der Waals surface area contributed by atoms with E-state index >= 15 is 0 Å². The molecule has 0 aliphatic heterocycles. The van der Waals surface area contributed by atoms with Crippen LogP contribution in [0.5, 0.6) is 0 Å². The molecule has 0 saturated carbocycles. The maximum absolute atomic E-state index is 14.1. The Kier molecular flexibility index (Phi) is 11.5. The van der Waals surface area contributed by atoms with Gasteiger partial charge in [-0.3, -0.25) is 13.9 Å². The minimum absolute atomic E-state index is 0.0107. The number of carbonyl (C=O) groups excluding carboxylic acids is 2. The number of aryl methyl sites for hydroxylation is 1. The predicted octanol–water partition coefficient (Wildman–Crippen LogP) is 6.87. The molecule has 3 aromatic rings. The van der Waals surface area contributed by atoms with Gasteiger partial charge in [0.1, 0.15) is 12.6 Å². The number of sulfonamides is 1. The summed E-state index contributed by atoms with van der Waals surface area (Å²) >= 11 is 18.8. The standard InChI is InChI=1S/C30H34Cl3N3O4S/c1-5-21(4)34-30(38)26(6-2)35(18-22-12-14-23(31)15-13-22)28(37)19-36(27-9-7-8-25(32)29(27)33)41(39,40)24-16-10-20(3)11-17-24/h7-17,21,26H,5-6,18-19H2,1-4H3,(H,34,38)/t21-,26-/m1/s1. The summed E-state index contributed by atoms with van der Waals surface area (Å²) in [5.41, 5.74) is 1.66. The van der Waals surface area contributed by atoms with Gasteiger partial charge in [-0.1, -0.05) is 84.5 Å². The highest BCUT2D eigenvalue weighted by atomic mass is 35.5. The number of hydrogen-bond donors (Lipinski definition) is 1. The van der Waals surface area contributed by atoms with E-state index in [1.807, 2.05) is 20.8 Å². The van der Waals surface area contributed by atoms with Gasteiger partial charge in [0.2, 0.25) is 11.8 Å². The first kappa shape index (κ1) is 32.7. The number of benzene rings is 3. The maximum Gasteiger partial charge on any atom is 0.264 e. The fourth-order valence-electron chi connectivity index (χ4n) is 4.18. The average Bonchev–Trinajstić information content (AvgIpc) is 2.94. The summed E-state index contributed by atoms with van der Waals surface area (Å²) in [5, 5.41) is 3.60. The molecular formula is C30H34Cl3N3O4S. The Morgan fingerprint density at radius 2 is 1.54 bits per heavy atom. The quantitative estimate of drug-likeness (QED) is 0.235. The van der Waals surface area contributed by atoms with Gasteiger partial charge >= 0.3 is 0 Å². The summed E-state index contributed by atoms with van der Waals surface area (Å²) < 4.78 is 28.9. The third-order valence-electron chi connectivity index (χ3n) is 6.74. The molecule has 41 heavy (non-hydrogen) atoms. The summed E-state index contributed by atoms with van der Waals surface area (Å²) in [6.07, 6.45) is 1.02. The van der Waals surface area contributed by atoms with Crippen molar-refractivity contribution in [3.63, 3.8) is 0 Å². The zero-order valence-corrected chi connectivity index (χ0v) is 26.5. The lowest BCUT2D eigenvalue weighted by atomic mass is 10.1. The molecule has 0 aliphatic rings. The van der Waals surface area contributed by atoms with Crippen LogP contribution in [0.2, 0.25) is 15.1 Å². The van der Waals surface area contributed by atoms with Crippen LogP contribution in [-0.4, -0.2) is 43.8 Å². The molecule has 0 fully saturated rings. The van der Waals surface area contributed by atoms with Gasteiger partial charge in [0.15, 0.2) is 0 Å². The number of amides is 2. The van der Waals surface area contributed by atoms with Gasteiger partial charge in [0.25, 0.3) is 10.0 Å². The zero-order chi connectivity index (χ0) is 30.3. The summed E-state index contributed by atoms with van der Waals surface area (Å²) in [5.74, 6) is -0.907. The van der Waals surface area contributed by atoms with Crippen LogP contribution in [-0.2, 0) is 26.2 Å². The highest BCUT2D eigenvalue weighted by molar-refractivity contribution is 7.92. The van der Waals surface area contributed by atoms with Crippen LogP contribution in [0.25, 0.3) is 0 Å².